The minimum atomic E-state index is -1.10. The molecule has 0 fully saturated rings. The predicted molar refractivity (Wildman–Crippen MR) is 92.6 cm³/mol. The zero-order chi connectivity index (χ0) is 19.4. The van der Waals surface area contributed by atoms with Crippen molar-refractivity contribution in [1.29, 1.82) is 5.26 Å². The van der Waals surface area contributed by atoms with Crippen molar-refractivity contribution in [1.82, 2.24) is 0 Å². The van der Waals surface area contributed by atoms with Crippen LogP contribution in [0.2, 0.25) is 5.02 Å². The number of nitrogens with two attached hydrogens (primary N) is 1. The van der Waals surface area contributed by atoms with Crippen LogP contribution in [0.4, 0.5) is 4.39 Å². The quantitative estimate of drug-likeness (QED) is 0.785. The van der Waals surface area contributed by atoms with Crippen LogP contribution in [0, 0.1) is 17.1 Å². The molecular formula is C18H18ClFN2O4. The van der Waals surface area contributed by atoms with Gasteiger partial charge in [-0.15, -0.1) is 0 Å². The van der Waals surface area contributed by atoms with Gasteiger partial charge in [-0.05, 0) is 26.8 Å². The van der Waals surface area contributed by atoms with Gasteiger partial charge in [-0.3, -0.25) is 0 Å². The molecule has 0 bridgehead atoms. The lowest BCUT2D eigenvalue weighted by Gasteiger charge is -2.27. The van der Waals surface area contributed by atoms with E-state index in [4.69, 9.17) is 31.5 Å². The molecule has 2 N–H and O–H groups in total. The van der Waals surface area contributed by atoms with Crippen LogP contribution in [0.3, 0.4) is 0 Å². The van der Waals surface area contributed by atoms with E-state index in [-0.39, 0.29) is 45.7 Å². The van der Waals surface area contributed by atoms with E-state index in [1.165, 1.54) is 19.1 Å². The van der Waals surface area contributed by atoms with Crippen molar-refractivity contribution in [2.24, 2.45) is 5.73 Å². The lowest BCUT2D eigenvalue weighted by Crippen LogP contribution is -2.26. The first kappa shape index (κ1) is 19.6. The fourth-order valence-corrected chi connectivity index (χ4v) is 2.93. The second kappa shape index (κ2) is 8.11. The molecule has 1 aromatic rings. The van der Waals surface area contributed by atoms with Gasteiger partial charge in [0.2, 0.25) is 5.88 Å². The summed E-state index contributed by atoms with van der Waals surface area (Å²) in [5, 5.41) is 9.24. The Morgan fingerprint density at radius 3 is 2.69 bits per heavy atom. The maximum absolute atomic E-state index is 15.0. The first-order chi connectivity index (χ1) is 12.4. The number of halogens is 2. The number of hydrogen-bond donors (Lipinski definition) is 1. The van der Waals surface area contributed by atoms with E-state index in [1.54, 1.807) is 13.8 Å². The van der Waals surface area contributed by atoms with Crippen molar-refractivity contribution < 1.29 is 23.4 Å². The van der Waals surface area contributed by atoms with Gasteiger partial charge in [0.1, 0.15) is 34.0 Å². The molecule has 1 aliphatic heterocycles. The number of allylic oxidation sites excluding steroid dienone is 2. The summed E-state index contributed by atoms with van der Waals surface area (Å²) in [6.07, 6.45) is 0. The molecule has 1 aromatic carbocycles. The molecule has 0 aromatic heterocycles. The van der Waals surface area contributed by atoms with Crippen LogP contribution in [0.15, 0.2) is 34.9 Å². The highest BCUT2D eigenvalue weighted by molar-refractivity contribution is 6.32. The van der Waals surface area contributed by atoms with E-state index < -0.39 is 17.7 Å². The molecule has 26 heavy (non-hydrogen) atoms. The van der Waals surface area contributed by atoms with Crippen molar-refractivity contribution in [3.05, 3.63) is 51.3 Å². The molecule has 0 saturated heterocycles. The van der Waals surface area contributed by atoms with Crippen molar-refractivity contribution in [2.75, 3.05) is 13.2 Å². The third-order valence-corrected chi connectivity index (χ3v) is 4.14. The van der Waals surface area contributed by atoms with Gasteiger partial charge in [0.05, 0.1) is 24.7 Å². The molecule has 1 unspecified atom stereocenters. The Kier molecular flexibility index (Phi) is 6.11. The fraction of sp³-hybridized carbons (Fsp3) is 0.333. The minimum Gasteiger partial charge on any atom is -0.492 e. The first-order valence-electron chi connectivity index (χ1n) is 7.93. The summed E-state index contributed by atoms with van der Waals surface area (Å²) in [5.74, 6) is -2.53. The van der Waals surface area contributed by atoms with E-state index in [0.29, 0.717) is 6.61 Å². The largest absolute Gasteiger partial charge is 0.492 e. The lowest BCUT2D eigenvalue weighted by atomic mass is 9.82. The molecule has 1 atom stereocenters. The molecule has 0 aliphatic carbocycles. The Labute approximate surface area is 155 Å². The van der Waals surface area contributed by atoms with E-state index in [1.807, 2.05) is 6.07 Å². The number of benzene rings is 1. The van der Waals surface area contributed by atoms with Crippen LogP contribution in [-0.4, -0.2) is 19.2 Å². The van der Waals surface area contributed by atoms with Crippen LogP contribution < -0.4 is 10.5 Å². The fourth-order valence-electron chi connectivity index (χ4n) is 2.70. The molecule has 0 radical (unpaired) electrons. The molecule has 0 saturated carbocycles. The lowest BCUT2D eigenvalue weighted by molar-refractivity contribution is -0.139. The number of nitrogens with zero attached hydrogens (tertiary/aromatic N) is 1. The predicted octanol–water partition coefficient (Wildman–Crippen LogP) is 3.52. The van der Waals surface area contributed by atoms with E-state index in [2.05, 4.69) is 0 Å². The van der Waals surface area contributed by atoms with Gasteiger partial charge in [-0.25, -0.2) is 9.18 Å². The summed E-state index contributed by atoms with van der Waals surface area (Å²) < 4.78 is 30.5. The summed E-state index contributed by atoms with van der Waals surface area (Å²) in [5.41, 5.74) is 5.68. The maximum Gasteiger partial charge on any atom is 0.338 e. The zero-order valence-corrected chi connectivity index (χ0v) is 15.3. The average molecular weight is 381 g/mol. The smallest absolute Gasteiger partial charge is 0.338 e. The number of ether oxygens (including phenoxy) is 3. The topological polar surface area (TPSA) is 94.6 Å². The Morgan fingerprint density at radius 2 is 2.12 bits per heavy atom. The molecular weight excluding hydrogens is 363 g/mol. The maximum atomic E-state index is 15.0. The number of carbonyl (C=O) groups is 1. The van der Waals surface area contributed by atoms with Crippen LogP contribution in [-0.2, 0) is 14.3 Å². The van der Waals surface area contributed by atoms with Crippen LogP contribution in [0.25, 0.3) is 0 Å². The SMILES string of the molecule is CCOC(=O)C1=C(C)OC(N)=C(C#N)C1c1ccc(OCC)c(Cl)c1F. The molecule has 8 heteroatoms. The second-order valence-corrected chi connectivity index (χ2v) is 5.71. The first-order valence-corrected chi connectivity index (χ1v) is 8.31. The average Bonchev–Trinajstić information content (AvgIpc) is 2.59. The summed E-state index contributed by atoms with van der Waals surface area (Å²) in [7, 11) is 0. The van der Waals surface area contributed by atoms with E-state index >= 15 is 0 Å². The molecule has 0 spiro atoms. The summed E-state index contributed by atoms with van der Waals surface area (Å²) in [6, 6.07) is 4.76. The van der Waals surface area contributed by atoms with Gasteiger partial charge in [-0.1, -0.05) is 17.7 Å². The number of rotatable bonds is 5. The zero-order valence-electron chi connectivity index (χ0n) is 14.6. The number of nitriles is 1. The van der Waals surface area contributed by atoms with Gasteiger partial charge in [0.25, 0.3) is 0 Å². The standard InChI is InChI=1S/C18H18ClFN2O4/c1-4-24-12-7-6-10(16(20)15(12)19)14-11(8-21)17(22)26-9(3)13(14)18(23)25-5-2/h6-7,14H,4-5,22H2,1-3H3. The molecule has 1 aliphatic rings. The summed E-state index contributed by atoms with van der Waals surface area (Å²) >= 11 is 6.05. The molecule has 6 nitrogen and oxygen atoms in total. The van der Waals surface area contributed by atoms with Crippen LogP contribution in [0.1, 0.15) is 32.3 Å². The Balaban J connectivity index is 2.68. The van der Waals surface area contributed by atoms with Gasteiger partial charge < -0.3 is 19.9 Å². The van der Waals surface area contributed by atoms with Gasteiger partial charge in [0.15, 0.2) is 0 Å². The van der Waals surface area contributed by atoms with Gasteiger partial charge >= 0.3 is 5.97 Å². The van der Waals surface area contributed by atoms with Crippen LogP contribution in [0.5, 0.6) is 5.75 Å². The van der Waals surface area contributed by atoms with E-state index in [9.17, 15) is 14.4 Å². The highest BCUT2D eigenvalue weighted by Crippen LogP contribution is 2.43. The number of carbonyl (C=O) groups excluding carboxylic acids is 1. The van der Waals surface area contributed by atoms with Gasteiger partial charge in [0, 0.05) is 5.56 Å². The minimum absolute atomic E-state index is 0.00303. The highest BCUT2D eigenvalue weighted by Gasteiger charge is 2.38. The highest BCUT2D eigenvalue weighted by atomic mass is 35.5. The molecule has 138 valence electrons. The van der Waals surface area contributed by atoms with Crippen molar-refractivity contribution in [3.63, 3.8) is 0 Å². The Hall–Kier alpha value is -2.72. The monoisotopic (exact) mass is 380 g/mol. The summed E-state index contributed by atoms with van der Waals surface area (Å²) in [6.45, 7) is 5.28. The Bertz CT molecular complexity index is 842. The second-order valence-electron chi connectivity index (χ2n) is 5.33. The Morgan fingerprint density at radius 1 is 1.42 bits per heavy atom. The summed E-state index contributed by atoms with van der Waals surface area (Å²) in [4.78, 5) is 12.4. The normalized spacial score (nSPS) is 16.8. The third-order valence-electron chi connectivity index (χ3n) is 3.79. The molecule has 1 heterocycles. The van der Waals surface area contributed by atoms with Gasteiger partial charge in [-0.2, -0.15) is 5.26 Å². The van der Waals surface area contributed by atoms with Crippen molar-refractivity contribution >= 4 is 17.6 Å². The van der Waals surface area contributed by atoms with Crippen molar-refractivity contribution in [3.8, 4) is 11.8 Å². The number of hydrogen-bond acceptors (Lipinski definition) is 6. The third kappa shape index (κ3) is 3.46. The van der Waals surface area contributed by atoms with Crippen molar-refractivity contribution in [2.45, 2.75) is 26.7 Å². The van der Waals surface area contributed by atoms with Crippen LogP contribution >= 0.6 is 11.6 Å². The number of esters is 1. The molecule has 0 amide bonds. The molecule has 2 rings (SSSR count). The van der Waals surface area contributed by atoms with E-state index in [0.717, 1.165) is 0 Å².